The summed E-state index contributed by atoms with van der Waals surface area (Å²) in [5, 5.41) is 6.13. The fourth-order valence-corrected chi connectivity index (χ4v) is 3.11. The van der Waals surface area contributed by atoms with Gasteiger partial charge in [-0.1, -0.05) is 40.5 Å². The molecule has 0 aliphatic carbocycles. The summed E-state index contributed by atoms with van der Waals surface area (Å²) in [6.45, 7) is 6.31. The predicted octanol–water partition coefficient (Wildman–Crippen LogP) is 4.60. The van der Waals surface area contributed by atoms with E-state index in [0.717, 1.165) is 33.7 Å². The minimum Gasteiger partial charge on any atom is -0.238 e. The Morgan fingerprint density at radius 3 is 2.56 bits per heavy atom. The Bertz CT molecular complexity index is 575. The zero-order chi connectivity index (χ0) is 13.3. The average molecular weight is 328 g/mol. The molecular weight excluding hydrogens is 312 g/mol. The molecule has 1 aromatic carbocycles. The molecule has 0 N–H and O–H groups in total. The van der Waals surface area contributed by atoms with Gasteiger partial charge in [0, 0.05) is 16.0 Å². The molecule has 2 rings (SSSR count). The zero-order valence-corrected chi connectivity index (χ0v) is 13.1. The first-order valence-electron chi connectivity index (χ1n) is 5.98. The Morgan fingerprint density at radius 2 is 2.06 bits per heavy atom. The number of nitrogens with zero attached hydrogens (tertiary/aromatic N) is 2. The summed E-state index contributed by atoms with van der Waals surface area (Å²) in [6, 6.07) is 6.06. The van der Waals surface area contributed by atoms with Gasteiger partial charge in [0.25, 0.3) is 0 Å². The number of hydrogen-bond acceptors (Lipinski definition) is 1. The smallest absolute Gasteiger partial charge is 0.0663 e. The molecule has 0 saturated heterocycles. The molecule has 0 fully saturated rings. The average Bonchev–Trinajstić information content (AvgIpc) is 2.64. The molecule has 2 nitrogen and oxygen atoms in total. The fraction of sp³-hybridized carbons (Fsp3) is 0.357. The van der Waals surface area contributed by atoms with E-state index < -0.39 is 0 Å². The topological polar surface area (TPSA) is 17.8 Å². The molecule has 0 spiro atoms. The van der Waals surface area contributed by atoms with E-state index in [9.17, 15) is 0 Å². The Kier molecular flexibility index (Phi) is 4.13. The van der Waals surface area contributed by atoms with Crippen molar-refractivity contribution in [1.82, 2.24) is 9.78 Å². The molecule has 4 heteroatoms. The highest BCUT2D eigenvalue weighted by atomic mass is 79.9. The molecule has 0 amide bonds. The summed E-state index contributed by atoms with van der Waals surface area (Å²) in [6.07, 6.45) is 1.00. The van der Waals surface area contributed by atoms with E-state index in [-0.39, 0.29) is 0 Å². The molecule has 0 saturated carbocycles. The monoisotopic (exact) mass is 326 g/mol. The lowest BCUT2D eigenvalue weighted by Gasteiger charge is -2.07. The van der Waals surface area contributed by atoms with Crippen LogP contribution in [0.5, 0.6) is 0 Å². The minimum atomic E-state index is 0.767. The van der Waals surface area contributed by atoms with E-state index in [0.29, 0.717) is 0 Å². The highest BCUT2D eigenvalue weighted by Crippen LogP contribution is 2.24. The molecule has 0 radical (unpaired) electrons. The van der Waals surface area contributed by atoms with Crippen LogP contribution in [0, 0.1) is 13.8 Å². The number of alkyl halides is 1. The second-order valence-electron chi connectivity index (χ2n) is 4.32. The summed E-state index contributed by atoms with van der Waals surface area (Å²) < 4.78 is 1.97. The van der Waals surface area contributed by atoms with Crippen LogP contribution in [0.2, 0.25) is 5.02 Å². The number of hydrogen-bond donors (Lipinski definition) is 0. The SMILES string of the molecule is CCc1c(C)nn(-c2ccc(CBr)c(Cl)c2)c1C. The van der Waals surface area contributed by atoms with Crippen LogP contribution in [0.4, 0.5) is 0 Å². The Hall–Kier alpha value is -0.800. The van der Waals surface area contributed by atoms with Gasteiger partial charge < -0.3 is 0 Å². The van der Waals surface area contributed by atoms with Crippen molar-refractivity contribution in [2.75, 3.05) is 0 Å². The van der Waals surface area contributed by atoms with Crippen LogP contribution in [0.1, 0.15) is 29.4 Å². The van der Waals surface area contributed by atoms with Gasteiger partial charge >= 0.3 is 0 Å². The lowest BCUT2D eigenvalue weighted by atomic mass is 10.1. The van der Waals surface area contributed by atoms with Gasteiger partial charge in [-0.2, -0.15) is 5.10 Å². The summed E-state index contributed by atoms with van der Waals surface area (Å²) in [5.74, 6) is 0. The van der Waals surface area contributed by atoms with Gasteiger partial charge in [0.15, 0.2) is 0 Å². The number of rotatable bonds is 3. The van der Waals surface area contributed by atoms with E-state index in [1.807, 2.05) is 16.8 Å². The van der Waals surface area contributed by atoms with E-state index in [4.69, 9.17) is 11.6 Å². The molecule has 2 aromatic rings. The Labute approximate surface area is 121 Å². The van der Waals surface area contributed by atoms with Crippen molar-refractivity contribution in [2.45, 2.75) is 32.5 Å². The van der Waals surface area contributed by atoms with E-state index in [1.54, 1.807) is 0 Å². The molecule has 96 valence electrons. The molecular formula is C14H16BrClN2. The second kappa shape index (κ2) is 5.45. The number of aryl methyl sites for hydroxylation is 1. The molecule has 0 aliphatic heterocycles. The molecule has 0 bridgehead atoms. The summed E-state index contributed by atoms with van der Waals surface area (Å²) in [4.78, 5) is 0. The van der Waals surface area contributed by atoms with Crippen molar-refractivity contribution in [2.24, 2.45) is 0 Å². The van der Waals surface area contributed by atoms with Crippen molar-refractivity contribution >= 4 is 27.5 Å². The molecule has 0 aliphatic rings. The minimum absolute atomic E-state index is 0.767. The lowest BCUT2D eigenvalue weighted by molar-refractivity contribution is 0.832. The lowest BCUT2D eigenvalue weighted by Crippen LogP contribution is -2.00. The van der Waals surface area contributed by atoms with Crippen LogP contribution in [-0.2, 0) is 11.8 Å². The summed E-state index contributed by atoms with van der Waals surface area (Å²) in [5.41, 5.74) is 5.71. The first-order chi connectivity index (χ1) is 8.58. The standard InChI is InChI=1S/C14H16BrClN2/c1-4-13-9(2)17-18(10(13)3)12-6-5-11(8-15)14(16)7-12/h5-7H,4,8H2,1-3H3. The third kappa shape index (κ3) is 2.34. The summed E-state index contributed by atoms with van der Waals surface area (Å²) >= 11 is 9.66. The Morgan fingerprint density at radius 1 is 1.33 bits per heavy atom. The molecule has 1 aromatic heterocycles. The van der Waals surface area contributed by atoms with Crippen LogP contribution < -0.4 is 0 Å². The largest absolute Gasteiger partial charge is 0.238 e. The van der Waals surface area contributed by atoms with Crippen LogP contribution in [-0.4, -0.2) is 9.78 Å². The van der Waals surface area contributed by atoms with Gasteiger partial charge in [0.2, 0.25) is 0 Å². The van der Waals surface area contributed by atoms with Crippen molar-refractivity contribution < 1.29 is 0 Å². The van der Waals surface area contributed by atoms with Crippen molar-refractivity contribution in [3.63, 3.8) is 0 Å². The summed E-state index contributed by atoms with van der Waals surface area (Å²) in [7, 11) is 0. The van der Waals surface area contributed by atoms with Crippen LogP contribution >= 0.6 is 27.5 Å². The maximum Gasteiger partial charge on any atom is 0.0663 e. The quantitative estimate of drug-likeness (QED) is 0.753. The van der Waals surface area contributed by atoms with Crippen LogP contribution in [0.3, 0.4) is 0 Å². The van der Waals surface area contributed by atoms with Crippen LogP contribution in [0.15, 0.2) is 18.2 Å². The van der Waals surface area contributed by atoms with Crippen LogP contribution in [0.25, 0.3) is 5.69 Å². The van der Waals surface area contributed by atoms with Crippen molar-refractivity contribution in [3.05, 3.63) is 45.7 Å². The van der Waals surface area contributed by atoms with E-state index >= 15 is 0 Å². The third-order valence-electron chi connectivity index (χ3n) is 3.22. The first kappa shape index (κ1) is 13.6. The van der Waals surface area contributed by atoms with Gasteiger partial charge in [-0.15, -0.1) is 0 Å². The number of halogens is 2. The van der Waals surface area contributed by atoms with Crippen molar-refractivity contribution in [3.8, 4) is 5.69 Å². The molecule has 1 heterocycles. The third-order valence-corrected chi connectivity index (χ3v) is 4.18. The maximum absolute atomic E-state index is 6.24. The highest BCUT2D eigenvalue weighted by Gasteiger charge is 2.11. The van der Waals surface area contributed by atoms with Gasteiger partial charge in [0.05, 0.1) is 11.4 Å². The Balaban J connectivity index is 2.52. The van der Waals surface area contributed by atoms with Crippen molar-refractivity contribution in [1.29, 1.82) is 0 Å². The zero-order valence-electron chi connectivity index (χ0n) is 10.8. The van der Waals surface area contributed by atoms with Gasteiger partial charge in [-0.3, -0.25) is 0 Å². The number of aromatic nitrogens is 2. The first-order valence-corrected chi connectivity index (χ1v) is 7.48. The second-order valence-corrected chi connectivity index (χ2v) is 5.29. The molecule has 0 unspecified atom stereocenters. The highest BCUT2D eigenvalue weighted by molar-refractivity contribution is 9.08. The van der Waals surface area contributed by atoms with Gasteiger partial charge in [-0.25, -0.2) is 4.68 Å². The van der Waals surface area contributed by atoms with Gasteiger partial charge in [-0.05, 0) is 43.5 Å². The van der Waals surface area contributed by atoms with E-state index in [1.165, 1.54) is 11.3 Å². The molecule has 0 atom stereocenters. The maximum atomic E-state index is 6.24. The molecule has 18 heavy (non-hydrogen) atoms. The van der Waals surface area contributed by atoms with Gasteiger partial charge in [0.1, 0.15) is 0 Å². The predicted molar refractivity (Wildman–Crippen MR) is 80.1 cm³/mol. The normalized spacial score (nSPS) is 10.9. The van der Waals surface area contributed by atoms with E-state index in [2.05, 4.69) is 47.9 Å². The number of benzene rings is 1. The fourth-order valence-electron chi connectivity index (χ4n) is 2.21.